The molecule has 0 aromatic heterocycles. The molecule has 0 amide bonds. The van der Waals surface area contributed by atoms with Crippen molar-refractivity contribution in [3.63, 3.8) is 0 Å². The Bertz CT molecular complexity index is 1460. The van der Waals surface area contributed by atoms with Crippen LogP contribution in [-0.4, -0.2) is 59.5 Å². The number of hydrogen-bond donors (Lipinski definition) is 3. The fraction of sp³-hybridized carbons (Fsp3) is 0.231. The van der Waals surface area contributed by atoms with Crippen LogP contribution in [0.1, 0.15) is 49.1 Å². The molecule has 0 unspecified atom stereocenters. The summed E-state index contributed by atoms with van der Waals surface area (Å²) < 4.78 is 70.8. The SMILES string of the molecule is Cc1c(C(=O)c2ccccc2)cc(S(=O)(=O)O)c([C@@H]2O[C@H](CO)[C@@H](O)C2(F)F)c1C(=O)c1ccccc1. The smallest absolute Gasteiger partial charge is 0.305 e. The summed E-state index contributed by atoms with van der Waals surface area (Å²) >= 11 is 0. The molecule has 0 aliphatic carbocycles. The molecule has 0 spiro atoms. The summed E-state index contributed by atoms with van der Waals surface area (Å²) in [6.45, 7) is 0.261. The predicted molar refractivity (Wildman–Crippen MR) is 126 cm³/mol. The highest BCUT2D eigenvalue weighted by Crippen LogP contribution is 2.49. The van der Waals surface area contributed by atoms with Crippen LogP contribution < -0.4 is 0 Å². The highest BCUT2D eigenvalue weighted by Gasteiger charge is 2.60. The highest BCUT2D eigenvalue weighted by atomic mass is 32.2. The number of ether oxygens (including phenoxy) is 1. The third kappa shape index (κ3) is 4.72. The number of carbonyl (C=O) groups is 2. The van der Waals surface area contributed by atoms with Crippen LogP contribution in [0.2, 0.25) is 0 Å². The fourth-order valence-corrected chi connectivity index (χ4v) is 5.16. The number of rotatable bonds is 7. The van der Waals surface area contributed by atoms with Gasteiger partial charge in [-0.1, -0.05) is 60.7 Å². The normalized spacial score (nSPS) is 21.1. The van der Waals surface area contributed by atoms with E-state index in [4.69, 9.17) is 4.74 Å². The maximum atomic E-state index is 15.3. The van der Waals surface area contributed by atoms with E-state index in [1.54, 1.807) is 24.3 Å². The molecule has 3 aromatic rings. The van der Waals surface area contributed by atoms with Crippen molar-refractivity contribution in [1.29, 1.82) is 0 Å². The zero-order valence-corrected chi connectivity index (χ0v) is 20.2. The van der Waals surface area contributed by atoms with Crippen LogP contribution >= 0.6 is 0 Å². The van der Waals surface area contributed by atoms with Crippen LogP contribution in [0.5, 0.6) is 0 Å². The van der Waals surface area contributed by atoms with E-state index in [0.717, 1.165) is 6.07 Å². The maximum Gasteiger partial charge on any atom is 0.305 e. The van der Waals surface area contributed by atoms with E-state index in [0.29, 0.717) is 0 Å². The van der Waals surface area contributed by atoms with E-state index in [2.05, 4.69) is 0 Å². The molecule has 0 saturated carbocycles. The first-order valence-corrected chi connectivity index (χ1v) is 12.5. The molecule has 0 radical (unpaired) electrons. The quantitative estimate of drug-likeness (QED) is 0.312. The van der Waals surface area contributed by atoms with Gasteiger partial charge in [0.2, 0.25) is 0 Å². The Hall–Kier alpha value is -3.35. The third-order valence-corrected chi connectivity index (χ3v) is 7.15. The second-order valence-corrected chi connectivity index (χ2v) is 9.95. The van der Waals surface area contributed by atoms with E-state index in [1.807, 2.05) is 0 Å². The number of benzene rings is 3. The van der Waals surface area contributed by atoms with Gasteiger partial charge in [0.05, 0.1) is 6.61 Å². The summed E-state index contributed by atoms with van der Waals surface area (Å²) in [5.41, 5.74) is -1.86. The van der Waals surface area contributed by atoms with Gasteiger partial charge in [-0.25, -0.2) is 8.78 Å². The molecular formula is C26H22F2O8S. The summed E-state index contributed by atoms with van der Waals surface area (Å²) in [6, 6.07) is 15.7. The largest absolute Gasteiger partial charge is 0.394 e. The average Bonchev–Trinajstić information content (AvgIpc) is 3.11. The number of aliphatic hydroxyl groups is 2. The number of halogens is 2. The van der Waals surface area contributed by atoms with E-state index in [1.165, 1.54) is 43.3 Å². The second-order valence-electron chi connectivity index (χ2n) is 8.56. The lowest BCUT2D eigenvalue weighted by atomic mass is 9.85. The van der Waals surface area contributed by atoms with Gasteiger partial charge in [-0.3, -0.25) is 14.1 Å². The molecule has 3 N–H and O–H groups in total. The van der Waals surface area contributed by atoms with E-state index >= 15 is 8.78 Å². The number of aliphatic hydroxyl groups excluding tert-OH is 2. The Labute approximate surface area is 210 Å². The molecule has 3 aromatic carbocycles. The van der Waals surface area contributed by atoms with Crippen LogP contribution in [-0.2, 0) is 14.9 Å². The van der Waals surface area contributed by atoms with Gasteiger partial charge in [0.1, 0.15) is 17.1 Å². The molecule has 0 bridgehead atoms. The lowest BCUT2D eigenvalue weighted by molar-refractivity contribution is -0.114. The van der Waals surface area contributed by atoms with Gasteiger partial charge in [-0.05, 0) is 18.6 Å². The number of ketones is 2. The molecule has 3 atom stereocenters. The standard InChI is InChI=1S/C26H22F2O8S/c1-14-17(22(30)15-8-4-2-5-9-15)12-19(37(33,34)35)21(20(14)23(31)16-10-6-3-7-11-16)25-26(27,28)24(32)18(13-29)36-25/h2-12,18,24-25,29,32H,13H2,1H3,(H,33,34,35)/t18-,24-,25+/m1/s1. The summed E-state index contributed by atoms with van der Waals surface area (Å²) in [7, 11) is -5.32. The minimum absolute atomic E-state index is 0.0157. The Kier molecular flexibility index (Phi) is 7.10. The minimum atomic E-state index is -5.32. The molecule has 1 aliphatic heterocycles. The zero-order valence-electron chi connectivity index (χ0n) is 19.3. The van der Waals surface area contributed by atoms with E-state index in [-0.39, 0.29) is 22.3 Å². The molecule has 194 valence electrons. The first-order chi connectivity index (χ1) is 17.4. The van der Waals surface area contributed by atoms with Gasteiger partial charge >= 0.3 is 5.92 Å². The van der Waals surface area contributed by atoms with Gasteiger partial charge in [0.25, 0.3) is 10.1 Å². The molecule has 4 rings (SSSR count). The van der Waals surface area contributed by atoms with Gasteiger partial charge in [0.15, 0.2) is 17.7 Å². The highest BCUT2D eigenvalue weighted by molar-refractivity contribution is 7.85. The Morgan fingerprint density at radius 3 is 1.95 bits per heavy atom. The summed E-state index contributed by atoms with van der Waals surface area (Å²) in [5.74, 6) is -5.80. The third-order valence-electron chi connectivity index (χ3n) is 6.26. The first-order valence-electron chi connectivity index (χ1n) is 11.1. The number of alkyl halides is 2. The molecule has 1 aliphatic rings. The van der Waals surface area contributed by atoms with Crippen molar-refractivity contribution in [2.75, 3.05) is 6.61 Å². The molecule has 1 fully saturated rings. The Morgan fingerprint density at radius 2 is 1.49 bits per heavy atom. The monoisotopic (exact) mass is 532 g/mol. The van der Waals surface area contributed by atoms with E-state index in [9.17, 15) is 32.8 Å². The zero-order chi connectivity index (χ0) is 27.1. The van der Waals surface area contributed by atoms with Crippen molar-refractivity contribution < 1.29 is 46.3 Å². The van der Waals surface area contributed by atoms with Gasteiger partial charge in [0, 0.05) is 27.8 Å². The van der Waals surface area contributed by atoms with Crippen molar-refractivity contribution in [3.05, 3.63) is 100 Å². The average molecular weight is 533 g/mol. The van der Waals surface area contributed by atoms with Crippen LogP contribution in [0.25, 0.3) is 0 Å². The topological polar surface area (TPSA) is 138 Å². The fourth-order valence-electron chi connectivity index (χ4n) is 4.40. The van der Waals surface area contributed by atoms with Crippen LogP contribution in [0.3, 0.4) is 0 Å². The summed E-state index contributed by atoms with van der Waals surface area (Å²) in [6.07, 6.45) is -6.89. The number of hydrogen-bond acceptors (Lipinski definition) is 7. The van der Waals surface area contributed by atoms with Crippen molar-refractivity contribution in [1.82, 2.24) is 0 Å². The molecule has 1 saturated heterocycles. The van der Waals surface area contributed by atoms with Crippen LogP contribution in [0.15, 0.2) is 71.6 Å². The van der Waals surface area contributed by atoms with E-state index < -0.39 is 68.5 Å². The molecule has 1 heterocycles. The summed E-state index contributed by atoms with van der Waals surface area (Å²) in [5, 5.41) is 19.5. The maximum absolute atomic E-state index is 15.3. The van der Waals surface area contributed by atoms with Crippen molar-refractivity contribution in [2.45, 2.75) is 36.1 Å². The molecular weight excluding hydrogens is 510 g/mol. The van der Waals surface area contributed by atoms with Crippen molar-refractivity contribution in [2.24, 2.45) is 0 Å². The summed E-state index contributed by atoms with van der Waals surface area (Å²) in [4.78, 5) is 25.9. The Balaban J connectivity index is 2.10. The van der Waals surface area contributed by atoms with Crippen molar-refractivity contribution >= 4 is 21.7 Å². The molecule has 11 heteroatoms. The van der Waals surface area contributed by atoms with Crippen LogP contribution in [0, 0.1) is 6.92 Å². The minimum Gasteiger partial charge on any atom is -0.394 e. The molecule has 37 heavy (non-hydrogen) atoms. The Morgan fingerprint density at radius 1 is 0.973 bits per heavy atom. The lowest BCUT2D eigenvalue weighted by Gasteiger charge is -2.26. The molecule has 8 nitrogen and oxygen atoms in total. The van der Waals surface area contributed by atoms with Gasteiger partial charge in [-0.15, -0.1) is 0 Å². The predicted octanol–water partition coefficient (Wildman–Crippen LogP) is 3.13. The van der Waals surface area contributed by atoms with Gasteiger partial charge in [-0.2, -0.15) is 8.42 Å². The first kappa shape index (κ1) is 26.7. The number of carbonyl (C=O) groups excluding carboxylic acids is 2. The van der Waals surface area contributed by atoms with Gasteiger partial charge < -0.3 is 14.9 Å². The second kappa shape index (κ2) is 9.84. The van der Waals surface area contributed by atoms with Crippen molar-refractivity contribution in [3.8, 4) is 0 Å². The van der Waals surface area contributed by atoms with Crippen LogP contribution in [0.4, 0.5) is 8.78 Å². The lowest BCUT2D eigenvalue weighted by Crippen LogP contribution is -2.38.